The van der Waals surface area contributed by atoms with Crippen LogP contribution in [0.4, 0.5) is 0 Å². The third-order valence-electron chi connectivity index (χ3n) is 10.8. The van der Waals surface area contributed by atoms with E-state index in [4.69, 9.17) is 9.47 Å². The van der Waals surface area contributed by atoms with Crippen LogP contribution in [0.2, 0.25) is 0 Å². The Morgan fingerprint density at radius 3 is 2.56 bits per heavy atom. The molecule has 182 valence electrons. The van der Waals surface area contributed by atoms with Gasteiger partial charge in [-0.2, -0.15) is 0 Å². The summed E-state index contributed by atoms with van der Waals surface area (Å²) < 4.78 is 11.9. The zero-order valence-corrected chi connectivity index (χ0v) is 20.6. The van der Waals surface area contributed by atoms with Gasteiger partial charge in [-0.15, -0.1) is 0 Å². The van der Waals surface area contributed by atoms with Gasteiger partial charge in [-0.3, -0.25) is 9.59 Å². The van der Waals surface area contributed by atoms with Crippen LogP contribution in [0.1, 0.15) is 66.7 Å². The second-order valence-electron chi connectivity index (χ2n) is 12.1. The number of fused-ring (bicyclic) bond motifs is 8. The molecule has 1 unspecified atom stereocenters. The summed E-state index contributed by atoms with van der Waals surface area (Å²) in [6, 6.07) is 0. The Bertz CT molecular complexity index is 1130. The molecule has 4 fully saturated rings. The number of esters is 1. The summed E-state index contributed by atoms with van der Waals surface area (Å²) >= 11 is 0. The summed E-state index contributed by atoms with van der Waals surface area (Å²) in [5.74, 6) is -0.111. The van der Waals surface area contributed by atoms with E-state index in [-0.39, 0.29) is 52.9 Å². The number of ketones is 2. The van der Waals surface area contributed by atoms with Gasteiger partial charge < -0.3 is 14.6 Å². The van der Waals surface area contributed by atoms with Crippen LogP contribution in [0.5, 0.6) is 0 Å². The van der Waals surface area contributed by atoms with Gasteiger partial charge in [-0.1, -0.05) is 18.6 Å². The molecule has 1 N–H and O–H groups in total. The highest BCUT2D eigenvalue weighted by atomic mass is 16.6. The standard InChI is InChI=1S/C28H34O6/c1-13-11-19(33-25(31)14(13)2)15(3)22-18(29)12-17-21-16(8-10-26(17,22)4)27(5)20(30)7-6-9-28(27,32)24-23(21)34-24/h6-7,16-17,19,21,23-24,32H,8-12H2,1-5H3/b22-15+/t16-,17-,19?,21+,23-,24-,26-,27-,28-/m0/s1. The van der Waals surface area contributed by atoms with Crippen LogP contribution in [0.25, 0.3) is 0 Å². The number of rotatable bonds is 1. The first-order valence-corrected chi connectivity index (χ1v) is 12.7. The largest absolute Gasteiger partial charge is 0.454 e. The van der Waals surface area contributed by atoms with Gasteiger partial charge in [0.25, 0.3) is 0 Å². The molecule has 0 aromatic heterocycles. The molecule has 3 saturated carbocycles. The smallest absolute Gasteiger partial charge is 0.334 e. The van der Waals surface area contributed by atoms with Crippen molar-refractivity contribution in [2.24, 2.45) is 28.6 Å². The van der Waals surface area contributed by atoms with E-state index >= 15 is 0 Å². The Morgan fingerprint density at radius 1 is 1.12 bits per heavy atom. The number of hydrogen-bond acceptors (Lipinski definition) is 6. The van der Waals surface area contributed by atoms with Gasteiger partial charge in [0, 0.05) is 24.0 Å². The SMILES string of the molecule is CC1=C(C)C(=O)OC(/C(C)=C2\C(=O)C[C@H]3[C@@H]4[C@@H]5O[C@@H]5[C@@]5(O)CC=CC(=O)[C@]5(C)[C@H]4CC[C@]23C)C1. The van der Waals surface area contributed by atoms with Gasteiger partial charge >= 0.3 is 5.97 Å². The number of epoxide rings is 1. The minimum Gasteiger partial charge on any atom is -0.454 e. The van der Waals surface area contributed by atoms with Gasteiger partial charge in [-0.05, 0) is 81.8 Å². The van der Waals surface area contributed by atoms with Gasteiger partial charge in [0.15, 0.2) is 11.6 Å². The first-order chi connectivity index (χ1) is 15.9. The predicted molar refractivity (Wildman–Crippen MR) is 123 cm³/mol. The van der Waals surface area contributed by atoms with E-state index in [1.807, 2.05) is 20.8 Å². The van der Waals surface area contributed by atoms with Crippen LogP contribution < -0.4 is 0 Å². The van der Waals surface area contributed by atoms with Crippen molar-refractivity contribution < 1.29 is 29.0 Å². The lowest BCUT2D eigenvalue weighted by molar-refractivity contribution is -0.178. The van der Waals surface area contributed by atoms with E-state index in [1.54, 1.807) is 19.1 Å². The molecule has 34 heavy (non-hydrogen) atoms. The Balaban J connectivity index is 1.40. The number of hydrogen-bond donors (Lipinski definition) is 1. The molecule has 6 nitrogen and oxygen atoms in total. The fourth-order valence-electron chi connectivity index (χ4n) is 8.56. The fraction of sp³-hybridized carbons (Fsp3) is 0.679. The van der Waals surface area contributed by atoms with Crippen molar-refractivity contribution in [3.8, 4) is 0 Å². The number of Topliss-reactive ketones (excluding diaryl/α,β-unsaturated/α-hetero) is 1. The lowest BCUT2D eigenvalue weighted by atomic mass is 9.44. The molecule has 0 amide bonds. The quantitative estimate of drug-likeness (QED) is 0.360. The summed E-state index contributed by atoms with van der Waals surface area (Å²) in [6.07, 6.45) is 5.54. The summed E-state index contributed by atoms with van der Waals surface area (Å²) in [5.41, 5.74) is 0.935. The monoisotopic (exact) mass is 466 g/mol. The van der Waals surface area contributed by atoms with Crippen molar-refractivity contribution in [2.75, 3.05) is 0 Å². The number of carbonyl (C=O) groups is 3. The number of ether oxygens (including phenoxy) is 2. The molecule has 0 radical (unpaired) electrons. The lowest BCUT2D eigenvalue weighted by Crippen LogP contribution is -2.67. The van der Waals surface area contributed by atoms with Gasteiger partial charge in [0.1, 0.15) is 17.8 Å². The molecule has 2 aliphatic heterocycles. The molecule has 1 saturated heterocycles. The van der Waals surface area contributed by atoms with Crippen molar-refractivity contribution in [3.05, 3.63) is 34.4 Å². The number of allylic oxidation sites excluding steroid dienone is 2. The van der Waals surface area contributed by atoms with E-state index in [0.29, 0.717) is 24.8 Å². The highest BCUT2D eigenvalue weighted by Crippen LogP contribution is 2.70. The summed E-state index contributed by atoms with van der Waals surface area (Å²) in [5, 5.41) is 11.7. The maximum absolute atomic E-state index is 13.6. The van der Waals surface area contributed by atoms with Crippen LogP contribution >= 0.6 is 0 Å². The average molecular weight is 467 g/mol. The van der Waals surface area contributed by atoms with Crippen molar-refractivity contribution in [1.29, 1.82) is 0 Å². The van der Waals surface area contributed by atoms with Crippen LogP contribution in [0, 0.1) is 28.6 Å². The maximum atomic E-state index is 13.6. The number of carbonyl (C=O) groups excluding carboxylic acids is 3. The Morgan fingerprint density at radius 2 is 1.85 bits per heavy atom. The molecule has 6 aliphatic rings. The maximum Gasteiger partial charge on any atom is 0.334 e. The van der Waals surface area contributed by atoms with Crippen molar-refractivity contribution in [1.82, 2.24) is 0 Å². The second-order valence-corrected chi connectivity index (χ2v) is 12.1. The molecule has 4 aliphatic carbocycles. The third-order valence-corrected chi connectivity index (χ3v) is 10.8. The molecule has 0 aromatic carbocycles. The average Bonchev–Trinajstić information content (AvgIpc) is 3.53. The normalized spacial score (nSPS) is 50.8. The van der Waals surface area contributed by atoms with Crippen molar-refractivity contribution >= 4 is 17.5 Å². The summed E-state index contributed by atoms with van der Waals surface area (Å²) in [6.45, 7) is 9.80. The van der Waals surface area contributed by atoms with E-state index in [0.717, 1.165) is 29.6 Å². The summed E-state index contributed by atoms with van der Waals surface area (Å²) in [7, 11) is 0. The zero-order chi connectivity index (χ0) is 24.4. The van der Waals surface area contributed by atoms with Crippen LogP contribution in [0.15, 0.2) is 34.4 Å². The second kappa shape index (κ2) is 6.79. The molecule has 6 rings (SSSR count). The Kier molecular flexibility index (Phi) is 4.48. The highest BCUT2D eigenvalue weighted by Gasteiger charge is 2.77. The molecular formula is C28H34O6. The van der Waals surface area contributed by atoms with Crippen LogP contribution in [0.3, 0.4) is 0 Å². The van der Waals surface area contributed by atoms with Crippen LogP contribution in [-0.4, -0.2) is 46.6 Å². The molecule has 0 bridgehead atoms. The van der Waals surface area contributed by atoms with E-state index < -0.39 is 17.1 Å². The first kappa shape index (κ1) is 22.4. The summed E-state index contributed by atoms with van der Waals surface area (Å²) in [4.78, 5) is 39.2. The lowest BCUT2D eigenvalue weighted by Gasteiger charge is -2.59. The zero-order valence-electron chi connectivity index (χ0n) is 20.6. The molecular weight excluding hydrogens is 432 g/mol. The van der Waals surface area contributed by atoms with Gasteiger partial charge in [0.05, 0.1) is 11.5 Å². The molecule has 9 atom stereocenters. The van der Waals surface area contributed by atoms with E-state index in [9.17, 15) is 19.5 Å². The molecule has 2 heterocycles. The van der Waals surface area contributed by atoms with E-state index in [2.05, 4.69) is 6.92 Å². The van der Waals surface area contributed by atoms with Gasteiger partial charge in [0.2, 0.25) is 0 Å². The van der Waals surface area contributed by atoms with Gasteiger partial charge in [-0.25, -0.2) is 4.79 Å². The topological polar surface area (TPSA) is 93.2 Å². The minimum absolute atomic E-state index is 0.0168. The Hall–Kier alpha value is -2.05. The first-order valence-electron chi connectivity index (χ1n) is 12.7. The van der Waals surface area contributed by atoms with Crippen LogP contribution in [-0.2, 0) is 23.9 Å². The Labute approximate surface area is 200 Å². The molecule has 0 spiro atoms. The number of aliphatic hydroxyl groups is 1. The number of cyclic esters (lactones) is 1. The van der Waals surface area contributed by atoms with Crippen molar-refractivity contribution in [3.63, 3.8) is 0 Å². The third kappa shape index (κ3) is 2.51. The predicted octanol–water partition coefficient (Wildman–Crippen LogP) is 3.62. The highest BCUT2D eigenvalue weighted by molar-refractivity contribution is 6.01. The van der Waals surface area contributed by atoms with Crippen molar-refractivity contribution in [2.45, 2.75) is 90.6 Å². The molecule has 0 aromatic rings. The molecule has 6 heteroatoms. The minimum atomic E-state index is -1.17. The van der Waals surface area contributed by atoms with E-state index in [1.165, 1.54) is 0 Å². The fourth-order valence-corrected chi connectivity index (χ4v) is 8.56.